The molecular weight excluding hydrogens is 340 g/mol. The van der Waals surface area contributed by atoms with E-state index in [0.717, 1.165) is 0 Å². The Kier molecular flexibility index (Phi) is 7.32. The highest BCUT2D eigenvalue weighted by atomic mass is 32.1. The van der Waals surface area contributed by atoms with Crippen LogP contribution in [0.4, 0.5) is 5.69 Å². The lowest BCUT2D eigenvalue weighted by molar-refractivity contribution is -0.116. The number of nitrogens with zero attached hydrogens (tertiary/aromatic N) is 1. The van der Waals surface area contributed by atoms with Crippen molar-refractivity contribution in [3.63, 3.8) is 0 Å². The molecule has 0 spiro atoms. The molecule has 0 aliphatic carbocycles. The summed E-state index contributed by atoms with van der Waals surface area (Å²) >= 11 is 4.24. The first-order valence-electron chi connectivity index (χ1n) is 7.68. The van der Waals surface area contributed by atoms with Gasteiger partial charge in [-0.05, 0) is 39.0 Å². The van der Waals surface area contributed by atoms with Crippen molar-refractivity contribution in [2.45, 2.75) is 26.3 Å². The van der Waals surface area contributed by atoms with Crippen molar-refractivity contribution in [1.29, 1.82) is 0 Å². The second-order valence-corrected chi connectivity index (χ2v) is 6.78. The maximum Gasteiger partial charge on any atom is 0.270 e. The van der Waals surface area contributed by atoms with Crippen LogP contribution < -0.4 is 21.5 Å². The van der Waals surface area contributed by atoms with Crippen molar-refractivity contribution in [1.82, 2.24) is 5.32 Å². The van der Waals surface area contributed by atoms with Gasteiger partial charge in [0.2, 0.25) is 0 Å². The third-order valence-electron chi connectivity index (χ3n) is 3.40. The number of nitrogens with one attached hydrogen (secondary N) is 1. The number of carbonyl (C=O) groups excluding carboxylic acids is 1. The molecule has 0 fully saturated rings. The quantitative estimate of drug-likeness (QED) is 0.281. The monoisotopic (exact) mass is 366 g/mol. The molecule has 8 heteroatoms. The number of aliphatic hydroxyl groups is 1. The van der Waals surface area contributed by atoms with E-state index in [9.17, 15) is 9.90 Å². The molecule has 0 aliphatic rings. The van der Waals surface area contributed by atoms with Gasteiger partial charge in [0, 0.05) is 28.9 Å². The first-order valence-corrected chi connectivity index (χ1v) is 8.13. The van der Waals surface area contributed by atoms with Crippen LogP contribution in [0.3, 0.4) is 0 Å². The average Bonchev–Trinajstić information content (AvgIpc) is 2.55. The molecule has 0 heterocycles. The third-order valence-corrected chi connectivity index (χ3v) is 3.88. The van der Waals surface area contributed by atoms with Gasteiger partial charge >= 0.3 is 0 Å². The number of aliphatic hydroxyl groups excluding tert-OH is 1. The largest absolute Gasteiger partial charge is 0.488 e. The van der Waals surface area contributed by atoms with Crippen molar-refractivity contribution in [3.8, 4) is 5.75 Å². The lowest BCUT2D eigenvalue weighted by atomic mass is 10.0. The van der Waals surface area contributed by atoms with Crippen molar-refractivity contribution < 1.29 is 14.6 Å². The molecule has 1 aromatic carbocycles. The SMILES string of the molecule is CN=C(C(=O)NC(C)(C)CO)c1cc(OC/C(S)=C(\C)N)ccc1N. The summed E-state index contributed by atoms with van der Waals surface area (Å²) < 4.78 is 5.62. The Hall–Kier alpha value is -2.19. The number of nitrogen functional groups attached to an aromatic ring is 1. The van der Waals surface area contributed by atoms with Crippen LogP contribution >= 0.6 is 12.6 Å². The average molecular weight is 366 g/mol. The van der Waals surface area contributed by atoms with Gasteiger partial charge in [0.15, 0.2) is 0 Å². The summed E-state index contributed by atoms with van der Waals surface area (Å²) in [5.74, 6) is 0.0744. The zero-order valence-corrected chi connectivity index (χ0v) is 15.9. The minimum Gasteiger partial charge on any atom is -0.488 e. The number of nitrogens with two attached hydrogens (primary N) is 2. The van der Waals surface area contributed by atoms with E-state index in [-0.39, 0.29) is 18.9 Å². The Balaban J connectivity index is 3.07. The minimum absolute atomic E-state index is 0.154. The van der Waals surface area contributed by atoms with Crippen LogP contribution in [0.1, 0.15) is 26.3 Å². The Morgan fingerprint density at radius 2 is 2.08 bits per heavy atom. The zero-order valence-electron chi connectivity index (χ0n) is 15.0. The summed E-state index contributed by atoms with van der Waals surface area (Å²) in [4.78, 5) is 17.1. The summed E-state index contributed by atoms with van der Waals surface area (Å²) in [5, 5.41) is 12.0. The maximum absolute atomic E-state index is 12.5. The Morgan fingerprint density at radius 3 is 2.60 bits per heavy atom. The number of thiol groups is 1. The van der Waals surface area contributed by atoms with Crippen LogP contribution in [0, 0.1) is 0 Å². The highest BCUT2D eigenvalue weighted by molar-refractivity contribution is 7.84. The second-order valence-electron chi connectivity index (χ2n) is 6.24. The fourth-order valence-electron chi connectivity index (χ4n) is 1.85. The number of anilines is 1. The van der Waals surface area contributed by atoms with Gasteiger partial charge in [0.25, 0.3) is 5.91 Å². The third kappa shape index (κ3) is 5.99. The number of amides is 1. The summed E-state index contributed by atoms with van der Waals surface area (Å²) in [6, 6.07) is 4.96. The van der Waals surface area contributed by atoms with E-state index in [2.05, 4.69) is 22.9 Å². The van der Waals surface area contributed by atoms with Crippen LogP contribution in [0.25, 0.3) is 0 Å². The standard InChI is InChI=1S/C17H26N4O3S/c1-10(18)14(25)8-24-11-5-6-13(19)12(7-11)15(20-4)16(23)21-17(2,3)9-22/h5-7,22,25H,8-9,18-19H2,1-4H3,(H,21,23)/b14-10-,20-15?. The van der Waals surface area contributed by atoms with Gasteiger partial charge in [-0.2, -0.15) is 0 Å². The predicted octanol–water partition coefficient (Wildman–Crippen LogP) is 1.07. The van der Waals surface area contributed by atoms with Gasteiger partial charge in [-0.1, -0.05) is 0 Å². The minimum atomic E-state index is -0.778. The molecule has 0 bridgehead atoms. The molecule has 1 aromatic rings. The number of aliphatic imine (C=N–C) groups is 1. The number of ether oxygens (including phenoxy) is 1. The van der Waals surface area contributed by atoms with Gasteiger partial charge in [-0.25, -0.2) is 0 Å². The molecular formula is C17H26N4O3S. The van der Waals surface area contributed by atoms with E-state index in [1.807, 2.05) is 0 Å². The van der Waals surface area contributed by atoms with Crippen molar-refractivity contribution in [2.24, 2.45) is 10.7 Å². The summed E-state index contributed by atoms with van der Waals surface area (Å²) in [5.41, 5.74) is 12.4. The Labute approximate surface area is 153 Å². The fourth-order valence-corrected chi connectivity index (χ4v) is 1.91. The van der Waals surface area contributed by atoms with Gasteiger partial charge < -0.3 is 26.6 Å². The molecule has 1 amide bonds. The first kappa shape index (κ1) is 20.9. The zero-order chi connectivity index (χ0) is 19.2. The molecule has 0 atom stereocenters. The van der Waals surface area contributed by atoms with Crippen molar-refractivity contribution in [2.75, 3.05) is 26.0 Å². The smallest absolute Gasteiger partial charge is 0.270 e. The molecule has 0 saturated carbocycles. The van der Waals surface area contributed by atoms with Crippen LogP contribution in [-0.4, -0.2) is 42.5 Å². The number of allylic oxidation sites excluding steroid dienone is 1. The summed E-state index contributed by atoms with van der Waals surface area (Å²) in [6.07, 6.45) is 0. The molecule has 0 aliphatic heterocycles. The number of hydrogen-bond acceptors (Lipinski definition) is 7. The predicted molar refractivity (Wildman–Crippen MR) is 104 cm³/mol. The fraction of sp³-hybridized carbons (Fsp3) is 0.412. The Morgan fingerprint density at radius 1 is 1.44 bits per heavy atom. The molecule has 0 unspecified atom stereocenters. The molecule has 25 heavy (non-hydrogen) atoms. The van der Waals surface area contributed by atoms with Crippen molar-refractivity contribution in [3.05, 3.63) is 34.4 Å². The molecule has 0 aromatic heterocycles. The normalized spacial score (nSPS) is 13.3. The van der Waals surface area contributed by atoms with Gasteiger partial charge in [0.1, 0.15) is 18.1 Å². The van der Waals surface area contributed by atoms with Gasteiger partial charge in [-0.15, -0.1) is 12.6 Å². The van der Waals surface area contributed by atoms with E-state index in [1.54, 1.807) is 39.0 Å². The molecule has 0 radical (unpaired) electrons. The van der Waals surface area contributed by atoms with E-state index in [1.165, 1.54) is 7.05 Å². The van der Waals surface area contributed by atoms with Crippen LogP contribution in [0.5, 0.6) is 5.75 Å². The van der Waals surface area contributed by atoms with E-state index < -0.39 is 11.4 Å². The number of benzene rings is 1. The highest BCUT2D eigenvalue weighted by Gasteiger charge is 2.24. The molecule has 1 rings (SSSR count). The topological polar surface area (TPSA) is 123 Å². The first-order chi connectivity index (χ1) is 11.6. The summed E-state index contributed by atoms with van der Waals surface area (Å²) in [6.45, 7) is 5.14. The lowest BCUT2D eigenvalue weighted by Crippen LogP contribution is -2.49. The van der Waals surface area contributed by atoms with Crippen LogP contribution in [-0.2, 0) is 4.79 Å². The van der Waals surface area contributed by atoms with Crippen LogP contribution in [0.15, 0.2) is 33.8 Å². The van der Waals surface area contributed by atoms with E-state index in [0.29, 0.717) is 27.6 Å². The molecule has 0 saturated heterocycles. The maximum atomic E-state index is 12.5. The van der Waals surface area contributed by atoms with E-state index >= 15 is 0 Å². The van der Waals surface area contributed by atoms with E-state index in [4.69, 9.17) is 16.2 Å². The lowest BCUT2D eigenvalue weighted by Gasteiger charge is -2.24. The van der Waals surface area contributed by atoms with Gasteiger partial charge in [-0.3, -0.25) is 9.79 Å². The summed E-state index contributed by atoms with van der Waals surface area (Å²) in [7, 11) is 1.50. The number of rotatable bonds is 7. The van der Waals surface area contributed by atoms with Gasteiger partial charge in [0.05, 0.1) is 12.1 Å². The highest BCUT2D eigenvalue weighted by Crippen LogP contribution is 2.22. The molecule has 7 nitrogen and oxygen atoms in total. The van der Waals surface area contributed by atoms with Crippen LogP contribution in [0.2, 0.25) is 0 Å². The Bertz CT molecular complexity index is 695. The number of carbonyl (C=O) groups is 1. The molecule has 138 valence electrons. The van der Waals surface area contributed by atoms with Crippen molar-refractivity contribution >= 4 is 29.9 Å². The number of hydrogen-bond donors (Lipinski definition) is 5. The molecule has 6 N–H and O–H groups in total. The second kappa shape index (κ2) is 8.77.